The number of amides is 1. The zero-order chi connectivity index (χ0) is 22.2. The molecule has 0 aliphatic carbocycles. The fourth-order valence-corrected chi connectivity index (χ4v) is 4.24. The fraction of sp³-hybridized carbons (Fsp3) is 0.476. The summed E-state index contributed by atoms with van der Waals surface area (Å²) >= 11 is 8.36. The van der Waals surface area contributed by atoms with Crippen molar-refractivity contribution in [1.29, 1.82) is 0 Å². The van der Waals surface area contributed by atoms with Gasteiger partial charge in [0.2, 0.25) is 5.91 Å². The van der Waals surface area contributed by atoms with E-state index in [0.29, 0.717) is 35.5 Å². The average Bonchev–Trinajstić information content (AvgIpc) is 3.19. The van der Waals surface area contributed by atoms with Gasteiger partial charge in [0.15, 0.2) is 0 Å². The molecule has 31 heavy (non-hydrogen) atoms. The van der Waals surface area contributed by atoms with E-state index in [1.54, 1.807) is 19.5 Å². The summed E-state index contributed by atoms with van der Waals surface area (Å²) in [5.74, 6) is 1.63. The van der Waals surface area contributed by atoms with Crippen LogP contribution in [0.3, 0.4) is 0 Å². The van der Waals surface area contributed by atoms with Gasteiger partial charge < -0.3 is 25.7 Å². The van der Waals surface area contributed by atoms with Gasteiger partial charge >= 0.3 is 0 Å². The summed E-state index contributed by atoms with van der Waals surface area (Å²) in [6.45, 7) is 2.76. The predicted molar refractivity (Wildman–Crippen MR) is 133 cm³/mol. The lowest BCUT2D eigenvalue weighted by atomic mass is 9.97. The molecular formula is C21H28ClIN6O2. The number of allylic oxidation sites excluding steroid dienone is 1. The third kappa shape index (κ3) is 6.56. The molecule has 168 valence electrons. The van der Waals surface area contributed by atoms with Gasteiger partial charge in [-0.1, -0.05) is 34.2 Å². The van der Waals surface area contributed by atoms with E-state index in [4.69, 9.17) is 22.1 Å². The Labute approximate surface area is 200 Å². The minimum absolute atomic E-state index is 0.156. The number of hydrogen-bond donors (Lipinski definition) is 3. The number of aliphatic imine (C=N–C) groups is 1. The Kier molecular flexibility index (Phi) is 8.97. The molecule has 1 saturated heterocycles. The molecule has 1 fully saturated rings. The minimum atomic E-state index is 0.156. The number of carbonyl (C=O) groups excluding carboxylic acids is 1. The molecule has 2 aromatic heterocycles. The quantitative estimate of drug-likeness (QED) is 0.190. The number of alkyl halides is 1. The summed E-state index contributed by atoms with van der Waals surface area (Å²) in [7, 11) is 1.62. The number of nitrogens with two attached hydrogens (primary N) is 1. The Morgan fingerprint density at radius 3 is 3.19 bits per heavy atom. The van der Waals surface area contributed by atoms with Gasteiger partial charge in [-0.2, -0.15) is 0 Å². The summed E-state index contributed by atoms with van der Waals surface area (Å²) in [4.78, 5) is 26.2. The van der Waals surface area contributed by atoms with E-state index >= 15 is 0 Å². The summed E-state index contributed by atoms with van der Waals surface area (Å²) in [6.07, 6.45) is 7.89. The van der Waals surface area contributed by atoms with Gasteiger partial charge in [0.1, 0.15) is 17.3 Å². The molecular weight excluding hydrogens is 531 g/mol. The van der Waals surface area contributed by atoms with Crippen LogP contribution in [0, 0.1) is 5.92 Å². The zero-order valence-corrected chi connectivity index (χ0v) is 20.4. The van der Waals surface area contributed by atoms with Crippen molar-refractivity contribution in [2.45, 2.75) is 19.3 Å². The Bertz CT molecular complexity index is 960. The lowest BCUT2D eigenvalue weighted by Crippen LogP contribution is -2.43. The molecule has 0 spiro atoms. The number of aromatic nitrogens is 2. The molecule has 3 rings (SSSR count). The number of amidine groups is 1. The highest BCUT2D eigenvalue weighted by Gasteiger charge is 2.23. The van der Waals surface area contributed by atoms with Crippen molar-refractivity contribution in [2.24, 2.45) is 16.6 Å². The molecule has 0 saturated carbocycles. The second kappa shape index (κ2) is 11.7. The van der Waals surface area contributed by atoms with Crippen molar-refractivity contribution < 1.29 is 9.53 Å². The summed E-state index contributed by atoms with van der Waals surface area (Å²) in [5.41, 5.74) is 7.79. The first-order chi connectivity index (χ1) is 15.0. The first-order valence-electron chi connectivity index (χ1n) is 10.3. The van der Waals surface area contributed by atoms with Gasteiger partial charge in [-0.05, 0) is 30.9 Å². The van der Waals surface area contributed by atoms with Crippen LogP contribution in [0.25, 0.3) is 11.0 Å². The van der Waals surface area contributed by atoms with Gasteiger partial charge in [-0.25, -0.2) is 9.98 Å². The van der Waals surface area contributed by atoms with E-state index in [1.807, 2.05) is 17.0 Å². The number of pyridine rings is 1. The Morgan fingerprint density at radius 2 is 2.42 bits per heavy atom. The lowest BCUT2D eigenvalue weighted by Gasteiger charge is -2.33. The molecule has 0 radical (unpaired) electrons. The molecule has 1 atom stereocenters. The summed E-state index contributed by atoms with van der Waals surface area (Å²) in [6, 6.07) is 1.82. The second-order valence-electron chi connectivity index (χ2n) is 7.46. The van der Waals surface area contributed by atoms with Crippen LogP contribution >= 0.6 is 34.2 Å². The Hall–Kier alpha value is -1.85. The molecule has 3 heterocycles. The smallest absolute Gasteiger partial charge is 0.224 e. The van der Waals surface area contributed by atoms with Crippen LogP contribution in [-0.4, -0.2) is 64.4 Å². The number of ether oxygens (including phenoxy) is 1. The third-order valence-corrected chi connectivity index (χ3v) is 5.90. The number of rotatable bonds is 9. The first kappa shape index (κ1) is 23.8. The van der Waals surface area contributed by atoms with Crippen molar-refractivity contribution in [3.63, 3.8) is 0 Å². The van der Waals surface area contributed by atoms with E-state index in [2.05, 4.69) is 42.9 Å². The number of halogens is 2. The molecule has 1 aliphatic heterocycles. The molecule has 2 aromatic rings. The first-order valence-corrected chi connectivity index (χ1v) is 12.2. The van der Waals surface area contributed by atoms with Crippen LogP contribution in [0.1, 0.15) is 24.8 Å². The zero-order valence-electron chi connectivity index (χ0n) is 17.5. The molecule has 1 amide bonds. The molecule has 8 nitrogen and oxygen atoms in total. The maximum absolute atomic E-state index is 12.3. The van der Waals surface area contributed by atoms with Gasteiger partial charge in [0.25, 0.3) is 0 Å². The monoisotopic (exact) mass is 558 g/mol. The minimum Gasteiger partial charge on any atom is -0.384 e. The van der Waals surface area contributed by atoms with Gasteiger partial charge in [0.05, 0.1) is 18.1 Å². The average molecular weight is 559 g/mol. The summed E-state index contributed by atoms with van der Waals surface area (Å²) < 4.78 is 5.82. The number of nitrogens with zero attached hydrogens (tertiary/aromatic N) is 3. The van der Waals surface area contributed by atoms with Crippen LogP contribution in [0.2, 0.25) is 5.02 Å². The standard InChI is InChI=1S/C21H28ClIN6O2/c1-31-8-5-19(30)29-7-2-3-14(13-29)10-25-18(4-6-23)28-20(24)17-12-27-21-16(17)9-15(22)11-26-21/h4,9,11-12,14,25H,2-3,5-8,10,13H2,1H3,(H2,24,28)(H,26,27)/b18-4-. The second-order valence-corrected chi connectivity index (χ2v) is 8.78. The van der Waals surface area contributed by atoms with E-state index < -0.39 is 0 Å². The molecule has 1 aliphatic rings. The Balaban J connectivity index is 1.65. The number of nitrogens with one attached hydrogen (secondary N) is 2. The van der Waals surface area contributed by atoms with E-state index in [0.717, 1.165) is 53.7 Å². The highest BCUT2D eigenvalue weighted by Crippen LogP contribution is 2.21. The van der Waals surface area contributed by atoms with Crippen LogP contribution < -0.4 is 11.1 Å². The van der Waals surface area contributed by atoms with Crippen LogP contribution in [-0.2, 0) is 9.53 Å². The molecule has 1 unspecified atom stereocenters. The predicted octanol–water partition coefficient (Wildman–Crippen LogP) is 3.06. The fourth-order valence-electron chi connectivity index (χ4n) is 3.66. The maximum Gasteiger partial charge on any atom is 0.224 e. The Morgan fingerprint density at radius 1 is 1.58 bits per heavy atom. The normalized spacial score (nSPS) is 17.9. The number of likely N-dealkylation sites (tertiary alicyclic amines) is 1. The van der Waals surface area contributed by atoms with Gasteiger partial charge in [-0.15, -0.1) is 0 Å². The van der Waals surface area contributed by atoms with Crippen molar-refractivity contribution in [3.05, 3.63) is 40.9 Å². The van der Waals surface area contributed by atoms with E-state index in [9.17, 15) is 4.79 Å². The van der Waals surface area contributed by atoms with E-state index in [-0.39, 0.29) is 5.91 Å². The number of piperidine rings is 1. The van der Waals surface area contributed by atoms with Crippen molar-refractivity contribution in [2.75, 3.05) is 37.8 Å². The van der Waals surface area contributed by atoms with Gasteiger partial charge in [-0.3, -0.25) is 4.79 Å². The number of carbonyl (C=O) groups is 1. The van der Waals surface area contributed by atoms with Crippen molar-refractivity contribution in [3.8, 4) is 0 Å². The van der Waals surface area contributed by atoms with E-state index in [1.165, 1.54) is 0 Å². The number of fused-ring (bicyclic) bond motifs is 1. The van der Waals surface area contributed by atoms with Crippen molar-refractivity contribution in [1.82, 2.24) is 20.2 Å². The van der Waals surface area contributed by atoms with Crippen LogP contribution in [0.4, 0.5) is 0 Å². The molecule has 4 N–H and O–H groups in total. The molecule has 0 aromatic carbocycles. The molecule has 10 heteroatoms. The lowest BCUT2D eigenvalue weighted by molar-refractivity contribution is -0.133. The van der Waals surface area contributed by atoms with Crippen LogP contribution in [0.5, 0.6) is 0 Å². The van der Waals surface area contributed by atoms with Crippen molar-refractivity contribution >= 4 is 57.0 Å². The number of aromatic amines is 1. The number of hydrogen-bond acceptors (Lipinski definition) is 5. The molecule has 0 bridgehead atoms. The van der Waals surface area contributed by atoms with Gasteiger partial charge in [0, 0.05) is 54.5 Å². The highest BCUT2D eigenvalue weighted by atomic mass is 127. The SMILES string of the molecule is COCCC(=O)N1CCCC(CNC(=C/CI)/N=C(\N)c2c[nH]c3ncc(Cl)cc23)C1. The topological polar surface area (TPSA) is 109 Å². The number of methoxy groups -OCH3 is 1. The largest absolute Gasteiger partial charge is 0.384 e. The third-order valence-electron chi connectivity index (χ3n) is 5.25. The number of H-pyrrole nitrogens is 1. The maximum atomic E-state index is 12.3. The van der Waals surface area contributed by atoms with Crippen LogP contribution in [0.15, 0.2) is 35.3 Å². The highest BCUT2D eigenvalue weighted by molar-refractivity contribution is 14.1. The summed E-state index contributed by atoms with van der Waals surface area (Å²) in [5, 5.41) is 4.80.